The Kier molecular flexibility index (Phi) is 4.98. The highest BCUT2D eigenvalue weighted by molar-refractivity contribution is 8.04. The van der Waals surface area contributed by atoms with Gasteiger partial charge in [0.25, 0.3) is 0 Å². The molecule has 1 rings (SSSR count). The van der Waals surface area contributed by atoms with Gasteiger partial charge in [0.1, 0.15) is 0 Å². The standard InChI is InChI=1S/C9H12ClNO3S/c1-14-9(13)5-8-11(4-2-3-10)7(12)6-15-8/h5H,2-4,6H2,1H3. The SMILES string of the molecule is COC(=O)C=C1SCC(=O)N1CCCCl. The number of hydrogen-bond acceptors (Lipinski definition) is 4. The predicted octanol–water partition coefficient (Wildman–Crippen LogP) is 1.21. The number of carbonyl (C=O) groups excluding carboxylic acids is 2. The fraction of sp³-hybridized carbons (Fsp3) is 0.556. The number of rotatable bonds is 4. The van der Waals surface area contributed by atoms with Gasteiger partial charge in [-0.1, -0.05) is 11.8 Å². The van der Waals surface area contributed by atoms with Crippen molar-refractivity contribution in [2.45, 2.75) is 6.42 Å². The normalized spacial score (nSPS) is 18.7. The van der Waals surface area contributed by atoms with Crippen molar-refractivity contribution in [1.82, 2.24) is 4.90 Å². The molecule has 1 fully saturated rings. The lowest BCUT2D eigenvalue weighted by Crippen LogP contribution is -2.26. The van der Waals surface area contributed by atoms with E-state index < -0.39 is 5.97 Å². The molecule has 1 heterocycles. The molecule has 0 aromatic carbocycles. The maximum absolute atomic E-state index is 11.4. The molecule has 0 aromatic rings. The lowest BCUT2D eigenvalue weighted by atomic mass is 10.4. The second-order valence-electron chi connectivity index (χ2n) is 2.88. The van der Waals surface area contributed by atoms with Crippen molar-refractivity contribution in [2.75, 3.05) is 25.3 Å². The van der Waals surface area contributed by atoms with Crippen LogP contribution >= 0.6 is 23.4 Å². The minimum Gasteiger partial charge on any atom is -0.466 e. The third kappa shape index (κ3) is 3.43. The van der Waals surface area contributed by atoms with Gasteiger partial charge in [-0.25, -0.2) is 4.79 Å². The van der Waals surface area contributed by atoms with Gasteiger partial charge >= 0.3 is 5.97 Å². The van der Waals surface area contributed by atoms with E-state index in [2.05, 4.69) is 4.74 Å². The average Bonchev–Trinajstić information content (AvgIpc) is 2.57. The fourth-order valence-corrected chi connectivity index (χ4v) is 2.22. The smallest absolute Gasteiger partial charge is 0.333 e. The van der Waals surface area contributed by atoms with E-state index in [1.54, 1.807) is 4.90 Å². The van der Waals surface area contributed by atoms with Crippen LogP contribution in [0.5, 0.6) is 0 Å². The molecule has 0 aromatic heterocycles. The quantitative estimate of drug-likeness (QED) is 0.427. The first-order chi connectivity index (χ1) is 7.19. The van der Waals surface area contributed by atoms with Gasteiger partial charge in [-0.3, -0.25) is 4.79 Å². The van der Waals surface area contributed by atoms with Crippen LogP contribution in [-0.2, 0) is 14.3 Å². The molecule has 15 heavy (non-hydrogen) atoms. The number of methoxy groups -OCH3 is 1. The zero-order valence-electron chi connectivity index (χ0n) is 8.36. The third-order valence-corrected chi connectivity index (χ3v) is 3.16. The highest BCUT2D eigenvalue weighted by Crippen LogP contribution is 2.28. The molecule has 0 atom stereocenters. The van der Waals surface area contributed by atoms with Crippen molar-refractivity contribution in [3.8, 4) is 0 Å². The van der Waals surface area contributed by atoms with Crippen molar-refractivity contribution in [2.24, 2.45) is 0 Å². The Morgan fingerprint density at radius 2 is 2.47 bits per heavy atom. The summed E-state index contributed by atoms with van der Waals surface area (Å²) in [5.74, 6) is 0.453. The van der Waals surface area contributed by atoms with Crippen LogP contribution in [0.2, 0.25) is 0 Å². The van der Waals surface area contributed by atoms with Crippen LogP contribution in [0.25, 0.3) is 0 Å². The van der Waals surface area contributed by atoms with Crippen molar-refractivity contribution in [3.63, 3.8) is 0 Å². The van der Waals surface area contributed by atoms with E-state index in [1.165, 1.54) is 24.9 Å². The molecule has 6 heteroatoms. The lowest BCUT2D eigenvalue weighted by molar-refractivity contribution is -0.134. The van der Waals surface area contributed by atoms with Gasteiger partial charge in [-0.2, -0.15) is 0 Å². The summed E-state index contributed by atoms with van der Waals surface area (Å²) in [5.41, 5.74) is 0. The Morgan fingerprint density at radius 1 is 1.73 bits per heavy atom. The molecule has 0 saturated carbocycles. The summed E-state index contributed by atoms with van der Waals surface area (Å²) in [7, 11) is 1.31. The van der Waals surface area contributed by atoms with Gasteiger partial charge in [-0.15, -0.1) is 11.6 Å². The number of amides is 1. The zero-order valence-corrected chi connectivity index (χ0v) is 9.94. The summed E-state index contributed by atoms with van der Waals surface area (Å²) < 4.78 is 4.51. The number of thioether (sulfide) groups is 1. The van der Waals surface area contributed by atoms with E-state index in [9.17, 15) is 9.59 Å². The third-order valence-electron chi connectivity index (χ3n) is 1.87. The molecule has 1 aliphatic rings. The van der Waals surface area contributed by atoms with E-state index >= 15 is 0 Å². The molecule has 0 bridgehead atoms. The van der Waals surface area contributed by atoms with Gasteiger partial charge in [0, 0.05) is 12.4 Å². The summed E-state index contributed by atoms with van der Waals surface area (Å²) in [4.78, 5) is 24.0. The van der Waals surface area contributed by atoms with Gasteiger partial charge in [0.15, 0.2) is 0 Å². The van der Waals surface area contributed by atoms with E-state index in [4.69, 9.17) is 11.6 Å². The topological polar surface area (TPSA) is 46.6 Å². The lowest BCUT2D eigenvalue weighted by Gasteiger charge is -2.15. The van der Waals surface area contributed by atoms with Crippen molar-refractivity contribution in [3.05, 3.63) is 11.1 Å². The molecule has 1 amide bonds. The summed E-state index contributed by atoms with van der Waals surface area (Å²) in [6.07, 6.45) is 2.05. The van der Waals surface area contributed by atoms with Crippen LogP contribution in [0.15, 0.2) is 11.1 Å². The van der Waals surface area contributed by atoms with Crippen LogP contribution < -0.4 is 0 Å². The zero-order chi connectivity index (χ0) is 11.3. The average molecular weight is 250 g/mol. The van der Waals surface area contributed by atoms with Crippen LogP contribution in [-0.4, -0.2) is 42.1 Å². The summed E-state index contributed by atoms with van der Waals surface area (Å²) in [5, 5.41) is 0.650. The molecular formula is C9H12ClNO3S. The van der Waals surface area contributed by atoms with E-state index in [0.717, 1.165) is 0 Å². The largest absolute Gasteiger partial charge is 0.466 e. The molecule has 0 spiro atoms. The minimum atomic E-state index is -0.442. The molecule has 0 aliphatic carbocycles. The van der Waals surface area contributed by atoms with Gasteiger partial charge < -0.3 is 9.64 Å². The Hall–Kier alpha value is -0.680. The van der Waals surface area contributed by atoms with E-state index in [0.29, 0.717) is 29.6 Å². The summed E-state index contributed by atoms with van der Waals surface area (Å²) >= 11 is 6.90. The Morgan fingerprint density at radius 3 is 3.07 bits per heavy atom. The van der Waals surface area contributed by atoms with Gasteiger partial charge in [0.2, 0.25) is 5.91 Å². The molecule has 0 radical (unpaired) electrons. The Labute approximate surface area is 97.6 Å². The molecule has 4 nitrogen and oxygen atoms in total. The van der Waals surface area contributed by atoms with Crippen molar-refractivity contribution < 1.29 is 14.3 Å². The molecular weight excluding hydrogens is 238 g/mol. The number of carbonyl (C=O) groups is 2. The monoisotopic (exact) mass is 249 g/mol. The number of nitrogens with zero attached hydrogens (tertiary/aromatic N) is 1. The van der Waals surface area contributed by atoms with Crippen LogP contribution in [0.3, 0.4) is 0 Å². The first-order valence-electron chi connectivity index (χ1n) is 4.48. The van der Waals surface area contributed by atoms with Gasteiger partial charge in [0.05, 0.1) is 24.0 Å². The fourth-order valence-electron chi connectivity index (χ4n) is 1.15. The summed E-state index contributed by atoms with van der Waals surface area (Å²) in [6, 6.07) is 0. The van der Waals surface area contributed by atoms with Gasteiger partial charge in [-0.05, 0) is 6.42 Å². The first kappa shape index (κ1) is 12.4. The second-order valence-corrected chi connectivity index (χ2v) is 4.26. The number of halogens is 1. The molecule has 84 valence electrons. The van der Waals surface area contributed by atoms with Crippen LogP contribution in [0.4, 0.5) is 0 Å². The number of hydrogen-bond donors (Lipinski definition) is 0. The maximum Gasteiger partial charge on any atom is 0.333 e. The number of ether oxygens (including phenoxy) is 1. The highest BCUT2D eigenvalue weighted by atomic mass is 35.5. The predicted molar refractivity (Wildman–Crippen MR) is 59.6 cm³/mol. The van der Waals surface area contributed by atoms with E-state index in [-0.39, 0.29) is 5.91 Å². The molecule has 1 aliphatic heterocycles. The number of alkyl halides is 1. The van der Waals surface area contributed by atoms with Crippen molar-refractivity contribution >= 4 is 35.2 Å². The maximum atomic E-state index is 11.4. The summed E-state index contributed by atoms with van der Waals surface area (Å²) in [6.45, 7) is 0.554. The Balaban J connectivity index is 2.67. The minimum absolute atomic E-state index is 0.0141. The van der Waals surface area contributed by atoms with Crippen LogP contribution in [0, 0.1) is 0 Å². The second kappa shape index (κ2) is 6.02. The highest BCUT2D eigenvalue weighted by Gasteiger charge is 2.26. The van der Waals surface area contributed by atoms with E-state index in [1.807, 2.05) is 0 Å². The molecule has 1 saturated heterocycles. The van der Waals surface area contributed by atoms with Crippen LogP contribution in [0.1, 0.15) is 6.42 Å². The first-order valence-corrected chi connectivity index (χ1v) is 6.00. The Bertz CT molecular complexity index is 293. The molecule has 0 unspecified atom stereocenters. The van der Waals surface area contributed by atoms with Crippen molar-refractivity contribution in [1.29, 1.82) is 0 Å². The molecule has 0 N–H and O–H groups in total. The number of esters is 1.